The fraction of sp³-hybridized carbons (Fsp3) is 0.397. The van der Waals surface area contributed by atoms with Crippen LogP contribution in [0, 0.1) is 178 Å². The molecule has 0 bridgehead atoms. The molecule has 0 aromatic rings. The third-order valence-corrected chi connectivity index (χ3v) is 8.98. The van der Waals surface area contributed by atoms with Crippen LogP contribution in [0.15, 0.2) is 50.6 Å². The van der Waals surface area contributed by atoms with E-state index in [-0.39, 0.29) is 65.2 Å². The van der Waals surface area contributed by atoms with Crippen molar-refractivity contribution in [3.8, 4) is 178 Å². The Morgan fingerprint density at radius 1 is 0.337 bits per heavy atom. The van der Waals surface area contributed by atoms with E-state index >= 15 is 0 Å². The van der Waals surface area contributed by atoms with Gasteiger partial charge in [0.25, 0.3) is 0 Å². The molecule has 0 rings (SSSR count). The highest BCUT2D eigenvalue weighted by Crippen LogP contribution is 2.05. The van der Waals surface area contributed by atoms with Gasteiger partial charge in [0.05, 0.1) is 52.5 Å². The topological polar surface area (TPSA) is 228 Å². The molecule has 0 saturated heterocycles. The Bertz CT molecular complexity index is 3000. The van der Waals surface area contributed by atoms with Crippen molar-refractivity contribution in [3.05, 3.63) is 50.6 Å². The van der Waals surface area contributed by atoms with Crippen molar-refractivity contribution in [2.75, 3.05) is 79.0 Å². The summed E-state index contributed by atoms with van der Waals surface area (Å²) in [6, 6.07) is 0. The maximum atomic E-state index is 12.0. The highest BCUT2D eigenvalue weighted by Gasteiger charge is 2.13. The Balaban J connectivity index is -0.000000398. The molecule has 4 N–H and O–H groups in total. The molecule has 0 radical (unpaired) electrons. The molecule has 0 aromatic heterocycles. The van der Waals surface area contributed by atoms with Crippen molar-refractivity contribution in [2.45, 2.75) is 111 Å². The van der Waals surface area contributed by atoms with Crippen LogP contribution in [-0.2, 0) is 57.2 Å². The molecule has 0 aliphatic heterocycles. The quantitative estimate of drug-likeness (QED) is 0.0242. The molecule has 0 aromatic carbocycles. The van der Waals surface area contributed by atoms with Crippen molar-refractivity contribution in [2.24, 2.45) is 5.73 Å². The van der Waals surface area contributed by atoms with Crippen LogP contribution in [0.25, 0.3) is 0 Å². The summed E-state index contributed by atoms with van der Waals surface area (Å²) in [5, 5.41) is 17.2. The summed E-state index contributed by atoms with van der Waals surface area (Å²) < 4.78 is 29.6. The average Bonchev–Trinajstić information content (AvgIpc) is 3.54. The first kappa shape index (κ1) is 86.8. The van der Waals surface area contributed by atoms with Crippen LogP contribution in [0.2, 0.25) is 0 Å². The molecular formula is C73H78N2O14. The normalized spacial score (nSPS) is 7.66. The van der Waals surface area contributed by atoms with Gasteiger partial charge >= 0.3 is 35.8 Å². The maximum absolute atomic E-state index is 12.0. The number of hydrogen-bond acceptors (Lipinski definition) is 16. The first-order chi connectivity index (χ1) is 43.0. The summed E-state index contributed by atoms with van der Waals surface area (Å²) in [7, 11) is 0. The molecule has 0 saturated carbocycles. The predicted molar refractivity (Wildman–Crippen MR) is 346 cm³/mol. The molecule has 0 heterocycles. The minimum Gasteiger partial charge on any atom is -0.466 e. The van der Waals surface area contributed by atoms with E-state index in [4.69, 9.17) is 44.4 Å². The number of aliphatic hydroxyl groups excluding tert-OH is 2. The van der Waals surface area contributed by atoms with Crippen molar-refractivity contribution in [1.82, 2.24) is 4.90 Å². The van der Waals surface area contributed by atoms with Crippen molar-refractivity contribution >= 4 is 35.8 Å². The fourth-order valence-electron chi connectivity index (χ4n) is 4.88. The molecule has 0 spiro atoms. The van der Waals surface area contributed by atoms with Gasteiger partial charge in [0.2, 0.25) is 0 Å². The highest BCUT2D eigenvalue weighted by atomic mass is 16.6. The monoisotopic (exact) mass is 1210 g/mol. The molecule has 464 valence electrons. The van der Waals surface area contributed by atoms with Gasteiger partial charge in [-0.15, -0.1) is 0 Å². The smallest absolute Gasteiger partial charge is 0.330 e. The van der Waals surface area contributed by atoms with E-state index in [1.807, 2.05) is 4.90 Å². The number of unbranched alkanes of at least 4 members (excludes halogenated alkanes) is 7. The van der Waals surface area contributed by atoms with Crippen molar-refractivity contribution in [1.29, 1.82) is 0 Å². The standard InChI is InChI=1S/C32H6.C25H41NO9.C10H14O4.C5H13NO.CH4/c1-3-5-7-9-11-13-15-17-19-21-23-25-27-29-31-32-30-28-26-24-22-20-18-16-14-12-10-8-6-4-2;1-3-22(28)32-18-8-10-20-34-24(30)12-15-26(14-6-5-7-17-27)16-13-25(31)35-21-11-9-19-33-23(29)4-2;1-3-9(11)13-7-5-6-8-14-10(12)4-2;6-4-2-1-3-5-7;/h1-2H3;3-4,27H,1-2,5-21H2;3-4H,1-2,5-8H2;7H,1-6H2;1H4. The van der Waals surface area contributed by atoms with Crippen molar-refractivity contribution in [3.63, 3.8) is 0 Å². The van der Waals surface area contributed by atoms with Crippen LogP contribution in [0.1, 0.15) is 111 Å². The molecule has 0 atom stereocenters. The van der Waals surface area contributed by atoms with Gasteiger partial charge in [0.1, 0.15) is 0 Å². The van der Waals surface area contributed by atoms with E-state index in [2.05, 4.69) is 204 Å². The van der Waals surface area contributed by atoms with Gasteiger partial charge in [-0.3, -0.25) is 9.59 Å². The fourth-order valence-corrected chi connectivity index (χ4v) is 4.88. The van der Waals surface area contributed by atoms with Crippen LogP contribution in [-0.4, -0.2) is 130 Å². The van der Waals surface area contributed by atoms with Crippen LogP contribution < -0.4 is 5.73 Å². The molecule has 0 unspecified atom stereocenters. The Morgan fingerprint density at radius 3 is 0.775 bits per heavy atom. The molecule has 89 heavy (non-hydrogen) atoms. The van der Waals surface area contributed by atoms with Crippen LogP contribution in [0.4, 0.5) is 0 Å². The third kappa shape index (κ3) is 81.3. The molecule has 0 aliphatic carbocycles. The minimum absolute atomic E-state index is 0. The summed E-state index contributed by atoms with van der Waals surface area (Å²) in [6.45, 7) is 21.0. The zero-order valence-electron chi connectivity index (χ0n) is 50.3. The van der Waals surface area contributed by atoms with Gasteiger partial charge in [-0.25, -0.2) is 19.2 Å². The second-order valence-electron chi connectivity index (χ2n) is 15.7. The van der Waals surface area contributed by atoms with E-state index in [0.29, 0.717) is 84.4 Å². The maximum Gasteiger partial charge on any atom is 0.330 e. The Labute approximate surface area is 530 Å². The summed E-state index contributed by atoms with van der Waals surface area (Å²) in [5.41, 5.74) is 5.19. The highest BCUT2D eigenvalue weighted by molar-refractivity contribution is 5.82. The summed E-state index contributed by atoms with van der Waals surface area (Å²) in [5.74, 6) is 73.1. The number of nitrogens with zero attached hydrogens (tertiary/aromatic N) is 1. The summed E-state index contributed by atoms with van der Waals surface area (Å²) in [6.07, 6.45) is 13.9. The minimum atomic E-state index is -0.475. The molecular weight excluding hydrogens is 1130 g/mol. The molecule has 16 nitrogen and oxygen atoms in total. The molecule has 0 fully saturated rings. The lowest BCUT2D eigenvalue weighted by molar-refractivity contribution is -0.145. The van der Waals surface area contributed by atoms with Crippen LogP contribution in [0.5, 0.6) is 0 Å². The second kappa shape index (κ2) is 77.0. The average molecular weight is 1210 g/mol. The number of rotatable bonds is 34. The predicted octanol–water partition coefficient (Wildman–Crippen LogP) is 5.38. The van der Waals surface area contributed by atoms with Gasteiger partial charge in [-0.05, 0) is 199 Å². The number of carbonyl (C=O) groups is 6. The number of aliphatic hydroxyl groups is 2. The van der Waals surface area contributed by atoms with E-state index < -0.39 is 23.9 Å². The van der Waals surface area contributed by atoms with Crippen LogP contribution in [0.3, 0.4) is 0 Å². The van der Waals surface area contributed by atoms with E-state index in [1.54, 1.807) is 13.8 Å². The third-order valence-electron chi connectivity index (χ3n) is 8.98. The number of carbonyl (C=O) groups excluding carboxylic acids is 6. The van der Waals surface area contributed by atoms with Gasteiger partial charge in [-0.2, -0.15) is 0 Å². The zero-order chi connectivity index (χ0) is 65.7. The molecule has 0 amide bonds. The number of hydrogen-bond donors (Lipinski definition) is 3. The molecule has 16 heteroatoms. The SMILES string of the molecule is C.C=CC(=O)OCCCCOC(=O)C=C.C=CC(=O)OCCCCOC(=O)CCN(CCCCCO)CCC(=O)OCCCCOC(=O)C=C.CC#CC#CC#CC#CC#CC#CC#CC#CC#CC#CC#CC#CC#CC#CC#CC.NCCCCCO. The summed E-state index contributed by atoms with van der Waals surface area (Å²) >= 11 is 0. The van der Waals surface area contributed by atoms with E-state index in [9.17, 15) is 28.8 Å². The van der Waals surface area contributed by atoms with Gasteiger partial charge in [0.15, 0.2) is 0 Å². The lowest BCUT2D eigenvalue weighted by Crippen LogP contribution is -2.30. The Kier molecular flexibility index (Phi) is 75.1. The summed E-state index contributed by atoms with van der Waals surface area (Å²) in [4.78, 5) is 69.1. The lowest BCUT2D eigenvalue weighted by Gasteiger charge is -2.21. The first-order valence-electron chi connectivity index (χ1n) is 27.4. The first-order valence-corrected chi connectivity index (χ1v) is 27.4. The lowest BCUT2D eigenvalue weighted by atomic mass is 10.2. The van der Waals surface area contributed by atoms with Gasteiger partial charge in [0, 0.05) is 122 Å². The van der Waals surface area contributed by atoms with E-state index in [0.717, 1.165) is 63.0 Å². The van der Waals surface area contributed by atoms with E-state index in [1.165, 1.54) is 0 Å². The zero-order valence-corrected chi connectivity index (χ0v) is 50.3. The second-order valence-corrected chi connectivity index (χ2v) is 15.7. The number of nitrogens with two attached hydrogens (primary N) is 1. The van der Waals surface area contributed by atoms with Gasteiger partial charge in [-0.1, -0.05) is 45.6 Å². The van der Waals surface area contributed by atoms with Gasteiger partial charge < -0.3 is 49.3 Å². The largest absolute Gasteiger partial charge is 0.466 e. The Morgan fingerprint density at radius 2 is 0.562 bits per heavy atom. The number of esters is 6. The number of ether oxygens (including phenoxy) is 6. The molecule has 0 aliphatic rings. The van der Waals surface area contributed by atoms with Crippen LogP contribution >= 0.6 is 0 Å². The van der Waals surface area contributed by atoms with Crippen molar-refractivity contribution < 1.29 is 67.4 Å². The Hall–Kier alpha value is -11.0.